The van der Waals surface area contributed by atoms with Gasteiger partial charge < -0.3 is 20.6 Å². The number of fused-ring (bicyclic) bond motifs is 1. The molecule has 34 heavy (non-hydrogen) atoms. The molecular formula is C23H25Cl2N3O5S. The topological polar surface area (TPSA) is 116 Å². The summed E-state index contributed by atoms with van der Waals surface area (Å²) in [5.41, 5.74) is -0.902. The first-order valence-electron chi connectivity index (χ1n) is 10.6. The number of halogens is 2. The second-order valence-corrected chi connectivity index (χ2v) is 10.1. The van der Waals surface area contributed by atoms with Crippen LogP contribution in [-0.4, -0.2) is 58.4 Å². The van der Waals surface area contributed by atoms with Crippen molar-refractivity contribution < 1.29 is 24.3 Å². The van der Waals surface area contributed by atoms with Crippen LogP contribution < -0.4 is 10.6 Å². The van der Waals surface area contributed by atoms with E-state index in [1.165, 1.54) is 31.3 Å². The third-order valence-corrected chi connectivity index (χ3v) is 7.60. The van der Waals surface area contributed by atoms with E-state index in [1.807, 2.05) is 17.5 Å². The minimum absolute atomic E-state index is 0.184. The molecule has 1 aromatic carbocycles. The maximum atomic E-state index is 12.7. The summed E-state index contributed by atoms with van der Waals surface area (Å²) in [4.78, 5) is 49.7. The summed E-state index contributed by atoms with van der Waals surface area (Å²) >= 11 is 14.2. The molecule has 3 rings (SSSR count). The summed E-state index contributed by atoms with van der Waals surface area (Å²) in [6, 6.07) is 3.58. The summed E-state index contributed by atoms with van der Waals surface area (Å²) in [6.45, 7) is 3.45. The van der Waals surface area contributed by atoms with Crippen LogP contribution in [-0.2, 0) is 19.2 Å². The highest BCUT2D eigenvalue weighted by atomic mass is 35.5. The van der Waals surface area contributed by atoms with Gasteiger partial charge in [-0.1, -0.05) is 23.2 Å². The predicted molar refractivity (Wildman–Crippen MR) is 133 cm³/mol. The van der Waals surface area contributed by atoms with E-state index in [1.54, 1.807) is 11.0 Å². The van der Waals surface area contributed by atoms with Crippen LogP contribution in [0.15, 0.2) is 23.6 Å². The first kappa shape index (κ1) is 26.0. The molecule has 0 saturated carbocycles. The number of nitrogens with zero attached hydrogens (tertiary/aromatic N) is 1. The molecule has 0 radical (unpaired) electrons. The molecular weight excluding hydrogens is 501 g/mol. The van der Waals surface area contributed by atoms with E-state index >= 15 is 0 Å². The Labute approximate surface area is 210 Å². The van der Waals surface area contributed by atoms with Gasteiger partial charge in [0.05, 0.1) is 21.2 Å². The number of carbonyl (C=O) groups is 4. The van der Waals surface area contributed by atoms with Crippen molar-refractivity contribution in [2.24, 2.45) is 0 Å². The van der Waals surface area contributed by atoms with Gasteiger partial charge in [0.2, 0.25) is 17.7 Å². The normalized spacial score (nSPS) is 16.4. The van der Waals surface area contributed by atoms with Crippen molar-refractivity contribution in [2.75, 3.05) is 13.1 Å². The van der Waals surface area contributed by atoms with Gasteiger partial charge in [0.1, 0.15) is 5.54 Å². The number of thiophene rings is 1. The number of aliphatic carboxylic acids is 1. The monoisotopic (exact) mass is 525 g/mol. The Bertz CT molecular complexity index is 1140. The highest BCUT2D eigenvalue weighted by Gasteiger charge is 2.38. The van der Waals surface area contributed by atoms with Crippen LogP contribution in [0.1, 0.15) is 38.7 Å². The Morgan fingerprint density at radius 1 is 1.24 bits per heavy atom. The summed E-state index contributed by atoms with van der Waals surface area (Å²) in [6.07, 6.45) is 3.57. The van der Waals surface area contributed by atoms with Crippen LogP contribution in [0, 0.1) is 0 Å². The molecule has 2 heterocycles. The smallest absolute Gasteiger partial charge is 0.306 e. The fraction of sp³-hybridized carbons (Fsp3) is 0.391. The molecule has 0 bridgehead atoms. The molecule has 0 unspecified atom stereocenters. The number of rotatable bonds is 7. The van der Waals surface area contributed by atoms with Crippen LogP contribution in [0.3, 0.4) is 0 Å². The number of hydrogen-bond acceptors (Lipinski definition) is 5. The standard InChI is InChI=1S/C23H25Cl2N3O5S/c1-13(29)27-23(2,12-18(31)32)22(33)26-16-5-8-28(9-6-16)17(30)4-3-14-11-15-7-10-34-21(15)20(25)19(14)24/h3-4,7,10-11,16H,5-6,8-9,12H2,1-2H3,(H,26,33)(H,27,29)(H,31,32)/b4-3+/t23-/m1/s1. The van der Waals surface area contributed by atoms with E-state index in [-0.39, 0.29) is 11.9 Å². The van der Waals surface area contributed by atoms with Gasteiger partial charge in [0, 0.05) is 32.1 Å². The van der Waals surface area contributed by atoms with Gasteiger partial charge in [0.25, 0.3) is 0 Å². The lowest BCUT2D eigenvalue weighted by Gasteiger charge is -2.34. The van der Waals surface area contributed by atoms with Gasteiger partial charge in [-0.05, 0) is 54.3 Å². The number of benzene rings is 1. The van der Waals surface area contributed by atoms with Crippen molar-refractivity contribution in [3.05, 3.63) is 39.2 Å². The Kier molecular flexibility index (Phi) is 8.22. The number of likely N-dealkylation sites (tertiary alicyclic amines) is 1. The van der Waals surface area contributed by atoms with Crippen LogP contribution in [0.25, 0.3) is 16.2 Å². The van der Waals surface area contributed by atoms with Crippen molar-refractivity contribution in [1.82, 2.24) is 15.5 Å². The van der Waals surface area contributed by atoms with E-state index < -0.39 is 29.7 Å². The lowest BCUT2D eigenvalue weighted by atomic mass is 9.94. The molecule has 2 aromatic rings. The SMILES string of the molecule is CC(=O)N[C@](C)(CC(=O)O)C(=O)NC1CCN(C(=O)/C=C/c2cc3ccsc3c(Cl)c2Cl)CC1. The van der Waals surface area contributed by atoms with E-state index in [0.29, 0.717) is 41.5 Å². The first-order chi connectivity index (χ1) is 16.0. The second-order valence-electron chi connectivity index (χ2n) is 8.42. The Hall–Kier alpha value is -2.62. The lowest BCUT2D eigenvalue weighted by Crippen LogP contribution is -2.60. The van der Waals surface area contributed by atoms with E-state index in [2.05, 4.69) is 10.6 Å². The van der Waals surface area contributed by atoms with Gasteiger partial charge in [-0.3, -0.25) is 19.2 Å². The Morgan fingerprint density at radius 3 is 2.53 bits per heavy atom. The zero-order chi connectivity index (χ0) is 25.0. The summed E-state index contributed by atoms with van der Waals surface area (Å²) in [5, 5.41) is 18.1. The lowest BCUT2D eigenvalue weighted by molar-refractivity contribution is -0.144. The van der Waals surface area contributed by atoms with Crippen LogP contribution >= 0.6 is 34.5 Å². The molecule has 1 fully saturated rings. The molecule has 0 spiro atoms. The number of piperidine rings is 1. The molecule has 1 saturated heterocycles. The number of carboxylic acid groups (broad SMARTS) is 1. The van der Waals surface area contributed by atoms with Crippen LogP contribution in [0.4, 0.5) is 0 Å². The maximum absolute atomic E-state index is 12.7. The summed E-state index contributed by atoms with van der Waals surface area (Å²) in [7, 11) is 0. The quantitative estimate of drug-likeness (QED) is 0.476. The molecule has 1 aromatic heterocycles. The van der Waals surface area contributed by atoms with Gasteiger partial charge in [-0.15, -0.1) is 11.3 Å². The minimum Gasteiger partial charge on any atom is -0.481 e. The second kappa shape index (κ2) is 10.8. The zero-order valence-corrected chi connectivity index (χ0v) is 21.0. The fourth-order valence-electron chi connectivity index (χ4n) is 3.92. The molecule has 8 nitrogen and oxygen atoms in total. The third kappa shape index (κ3) is 6.08. The maximum Gasteiger partial charge on any atom is 0.306 e. The van der Waals surface area contributed by atoms with E-state index in [4.69, 9.17) is 28.3 Å². The molecule has 182 valence electrons. The van der Waals surface area contributed by atoms with Crippen LogP contribution in [0.5, 0.6) is 0 Å². The average molecular weight is 526 g/mol. The predicted octanol–water partition coefficient (Wildman–Crippen LogP) is 3.70. The van der Waals surface area contributed by atoms with Gasteiger partial charge >= 0.3 is 5.97 Å². The largest absolute Gasteiger partial charge is 0.481 e. The van der Waals surface area contributed by atoms with Crippen molar-refractivity contribution in [1.29, 1.82) is 0 Å². The summed E-state index contributed by atoms with van der Waals surface area (Å²) in [5.74, 6) is -2.44. The highest BCUT2D eigenvalue weighted by Crippen LogP contribution is 2.37. The third-order valence-electron chi connectivity index (χ3n) is 5.66. The Morgan fingerprint density at radius 2 is 1.91 bits per heavy atom. The number of carbonyl (C=O) groups excluding carboxylic acids is 3. The number of hydrogen-bond donors (Lipinski definition) is 3. The van der Waals surface area contributed by atoms with E-state index in [0.717, 1.165) is 10.1 Å². The minimum atomic E-state index is -1.56. The molecule has 1 atom stereocenters. The molecule has 3 amide bonds. The molecule has 1 aliphatic heterocycles. The highest BCUT2D eigenvalue weighted by molar-refractivity contribution is 7.18. The van der Waals surface area contributed by atoms with Crippen molar-refractivity contribution in [2.45, 2.75) is 44.7 Å². The number of nitrogens with one attached hydrogen (secondary N) is 2. The van der Waals surface area contributed by atoms with Gasteiger partial charge in [0.15, 0.2) is 0 Å². The van der Waals surface area contributed by atoms with Gasteiger partial charge in [-0.2, -0.15) is 0 Å². The molecule has 1 aliphatic rings. The first-order valence-corrected chi connectivity index (χ1v) is 12.3. The number of carboxylic acids is 1. The molecule has 0 aliphatic carbocycles. The van der Waals surface area contributed by atoms with Crippen molar-refractivity contribution >= 4 is 74.4 Å². The average Bonchev–Trinajstić information content (AvgIpc) is 3.23. The summed E-state index contributed by atoms with van der Waals surface area (Å²) < 4.78 is 0.900. The number of amides is 3. The van der Waals surface area contributed by atoms with Crippen molar-refractivity contribution in [3.63, 3.8) is 0 Å². The molecule has 3 N–H and O–H groups in total. The Balaban J connectivity index is 1.58. The van der Waals surface area contributed by atoms with Crippen LogP contribution in [0.2, 0.25) is 10.0 Å². The van der Waals surface area contributed by atoms with Crippen molar-refractivity contribution in [3.8, 4) is 0 Å². The zero-order valence-electron chi connectivity index (χ0n) is 18.7. The fourth-order valence-corrected chi connectivity index (χ4v) is 5.36. The van der Waals surface area contributed by atoms with Gasteiger partial charge in [-0.25, -0.2) is 0 Å². The van der Waals surface area contributed by atoms with E-state index in [9.17, 15) is 19.2 Å². The molecule has 11 heteroatoms.